The molecule has 0 radical (unpaired) electrons. The quantitative estimate of drug-likeness (QED) is 0.758. The summed E-state index contributed by atoms with van der Waals surface area (Å²) in [5.74, 6) is 0.324. The van der Waals surface area contributed by atoms with Crippen LogP contribution in [0.3, 0.4) is 0 Å². The lowest BCUT2D eigenvalue weighted by Crippen LogP contribution is -1.79. The first kappa shape index (κ1) is 8.90. The largest absolute Gasteiger partial charge is 0.508 e. The average molecular weight is 211 g/mol. The summed E-state index contributed by atoms with van der Waals surface area (Å²) in [4.78, 5) is 0. The van der Waals surface area contributed by atoms with E-state index in [1.54, 1.807) is 12.1 Å². The van der Waals surface area contributed by atoms with Gasteiger partial charge in [0.05, 0.1) is 5.02 Å². The molecule has 2 aromatic rings. The second kappa shape index (κ2) is 3.23. The van der Waals surface area contributed by atoms with Gasteiger partial charge >= 0.3 is 0 Å². The van der Waals surface area contributed by atoms with Gasteiger partial charge in [-0.05, 0) is 18.2 Å². The van der Waals surface area contributed by atoms with Crippen molar-refractivity contribution in [3.8, 4) is 17.0 Å². The van der Waals surface area contributed by atoms with Gasteiger partial charge in [0.15, 0.2) is 0 Å². The van der Waals surface area contributed by atoms with Gasteiger partial charge in [-0.15, -0.1) is 0 Å². The molecule has 0 aliphatic rings. The normalized spacial score (nSPS) is 10.4. The highest BCUT2D eigenvalue weighted by Gasteiger charge is 2.09. The molecule has 0 aliphatic carbocycles. The maximum absolute atomic E-state index is 9.26. The van der Waals surface area contributed by atoms with Crippen molar-refractivity contribution >= 4 is 17.5 Å². The van der Waals surface area contributed by atoms with E-state index in [9.17, 15) is 5.11 Å². The molecule has 0 aliphatic heterocycles. The van der Waals surface area contributed by atoms with Gasteiger partial charge in [0.25, 0.3) is 0 Å². The lowest BCUT2D eigenvalue weighted by atomic mass is 10.1. The predicted molar refractivity (Wildman–Crippen MR) is 53.0 cm³/mol. The molecule has 0 spiro atoms. The number of aromatic hydroxyl groups is 1. The molecule has 0 saturated carbocycles. The second-order valence-electron chi connectivity index (χ2n) is 2.78. The van der Waals surface area contributed by atoms with E-state index in [4.69, 9.17) is 21.9 Å². The number of phenolic OH excluding ortho intramolecular Hbond substituents is 1. The minimum absolute atomic E-state index is 0.117. The van der Waals surface area contributed by atoms with Crippen LogP contribution in [0, 0.1) is 0 Å². The van der Waals surface area contributed by atoms with Gasteiger partial charge in [0.1, 0.15) is 11.4 Å². The molecule has 5 heteroatoms. The zero-order valence-corrected chi connectivity index (χ0v) is 7.82. The summed E-state index contributed by atoms with van der Waals surface area (Å²) < 4.78 is 4.70. The van der Waals surface area contributed by atoms with Crippen LogP contribution in [-0.2, 0) is 0 Å². The molecule has 1 aromatic heterocycles. The third-order valence-corrected chi connectivity index (χ3v) is 2.08. The number of nitrogen functional groups attached to an aromatic ring is 1. The van der Waals surface area contributed by atoms with Gasteiger partial charge in [0, 0.05) is 11.6 Å². The van der Waals surface area contributed by atoms with Crippen LogP contribution >= 0.6 is 11.6 Å². The maximum atomic E-state index is 9.26. The highest BCUT2D eigenvalue weighted by Crippen LogP contribution is 2.30. The molecule has 0 fully saturated rings. The fourth-order valence-corrected chi connectivity index (χ4v) is 1.34. The number of nitrogens with zero attached hydrogens (tertiary/aromatic N) is 1. The Morgan fingerprint density at radius 3 is 2.79 bits per heavy atom. The van der Waals surface area contributed by atoms with E-state index in [2.05, 4.69) is 5.16 Å². The molecule has 0 saturated heterocycles. The zero-order valence-electron chi connectivity index (χ0n) is 7.07. The second-order valence-corrected chi connectivity index (χ2v) is 3.19. The Labute approximate surface area is 84.9 Å². The van der Waals surface area contributed by atoms with Gasteiger partial charge in [0.2, 0.25) is 5.88 Å². The maximum Gasteiger partial charge on any atom is 0.222 e. The first-order valence-corrected chi connectivity index (χ1v) is 4.25. The standard InChI is InChI=1S/C9H7ClN2O2/c10-7-2-1-5(13)3-6(7)8-4-9(11)14-12-8/h1-4,13H,11H2. The number of anilines is 1. The Hall–Kier alpha value is -1.68. The summed E-state index contributed by atoms with van der Waals surface area (Å²) in [6.07, 6.45) is 0. The van der Waals surface area contributed by atoms with Crippen LogP contribution in [0.5, 0.6) is 5.75 Å². The third kappa shape index (κ3) is 1.52. The molecular formula is C9H7ClN2O2. The van der Waals surface area contributed by atoms with E-state index < -0.39 is 0 Å². The molecule has 0 unspecified atom stereocenters. The summed E-state index contributed by atoms with van der Waals surface area (Å²) in [5.41, 5.74) is 6.46. The fourth-order valence-electron chi connectivity index (χ4n) is 1.13. The number of phenols is 1. The number of hydrogen-bond acceptors (Lipinski definition) is 4. The van der Waals surface area contributed by atoms with E-state index in [0.717, 1.165) is 0 Å². The molecular weight excluding hydrogens is 204 g/mol. The van der Waals surface area contributed by atoms with Crippen molar-refractivity contribution in [1.82, 2.24) is 5.16 Å². The fraction of sp³-hybridized carbons (Fsp3) is 0. The van der Waals surface area contributed by atoms with Crippen molar-refractivity contribution in [2.75, 3.05) is 5.73 Å². The molecule has 14 heavy (non-hydrogen) atoms. The lowest BCUT2D eigenvalue weighted by Gasteiger charge is -1.99. The van der Waals surface area contributed by atoms with Gasteiger partial charge in [-0.2, -0.15) is 0 Å². The number of hydrogen-bond donors (Lipinski definition) is 2. The van der Waals surface area contributed by atoms with E-state index in [1.807, 2.05) is 0 Å². The third-order valence-electron chi connectivity index (χ3n) is 1.75. The number of halogens is 1. The molecule has 1 heterocycles. The van der Waals surface area contributed by atoms with Crippen LogP contribution in [-0.4, -0.2) is 10.3 Å². The number of nitrogens with two attached hydrogens (primary N) is 1. The van der Waals surface area contributed by atoms with Crippen molar-refractivity contribution in [3.63, 3.8) is 0 Å². The summed E-state index contributed by atoms with van der Waals surface area (Å²) in [6, 6.07) is 6.12. The molecule has 0 bridgehead atoms. The number of rotatable bonds is 1. The molecule has 4 nitrogen and oxygen atoms in total. The van der Waals surface area contributed by atoms with Gasteiger partial charge < -0.3 is 15.4 Å². The highest BCUT2D eigenvalue weighted by molar-refractivity contribution is 6.33. The minimum Gasteiger partial charge on any atom is -0.508 e. The Morgan fingerprint density at radius 1 is 1.36 bits per heavy atom. The molecule has 1 aromatic carbocycles. The Morgan fingerprint density at radius 2 is 2.14 bits per heavy atom. The topological polar surface area (TPSA) is 72.3 Å². The number of benzene rings is 1. The van der Waals surface area contributed by atoms with Crippen LogP contribution in [0.2, 0.25) is 5.02 Å². The summed E-state index contributed by atoms with van der Waals surface area (Å²) in [7, 11) is 0. The van der Waals surface area contributed by atoms with Crippen LogP contribution < -0.4 is 5.73 Å². The average Bonchev–Trinajstić information content (AvgIpc) is 2.56. The Balaban J connectivity index is 2.55. The van der Waals surface area contributed by atoms with Crippen LogP contribution in [0.1, 0.15) is 0 Å². The van der Waals surface area contributed by atoms with Crippen molar-refractivity contribution in [2.24, 2.45) is 0 Å². The van der Waals surface area contributed by atoms with Crippen LogP contribution in [0.25, 0.3) is 11.3 Å². The molecule has 72 valence electrons. The van der Waals surface area contributed by atoms with Crippen LogP contribution in [0.4, 0.5) is 5.88 Å². The zero-order chi connectivity index (χ0) is 10.1. The Bertz CT molecular complexity index is 468. The van der Waals surface area contributed by atoms with Crippen molar-refractivity contribution < 1.29 is 9.63 Å². The van der Waals surface area contributed by atoms with Crippen molar-refractivity contribution in [3.05, 3.63) is 29.3 Å². The van der Waals surface area contributed by atoms with Gasteiger partial charge in [-0.3, -0.25) is 0 Å². The van der Waals surface area contributed by atoms with Crippen molar-refractivity contribution in [2.45, 2.75) is 0 Å². The minimum atomic E-state index is 0.117. The molecule has 0 atom stereocenters. The van der Waals surface area contributed by atoms with Crippen molar-refractivity contribution in [1.29, 1.82) is 0 Å². The lowest BCUT2D eigenvalue weighted by molar-refractivity contribution is 0.439. The van der Waals surface area contributed by atoms with Crippen LogP contribution in [0.15, 0.2) is 28.8 Å². The molecule has 2 rings (SSSR count). The first-order chi connectivity index (χ1) is 6.66. The summed E-state index contributed by atoms with van der Waals surface area (Å²) in [6.45, 7) is 0. The van der Waals surface area contributed by atoms with E-state index in [0.29, 0.717) is 16.3 Å². The number of aromatic nitrogens is 1. The van der Waals surface area contributed by atoms with E-state index in [1.165, 1.54) is 12.1 Å². The van der Waals surface area contributed by atoms with Gasteiger partial charge in [-0.1, -0.05) is 16.8 Å². The molecule has 0 amide bonds. The predicted octanol–water partition coefficient (Wildman–Crippen LogP) is 2.28. The smallest absolute Gasteiger partial charge is 0.222 e. The first-order valence-electron chi connectivity index (χ1n) is 3.88. The Kier molecular flexibility index (Phi) is 2.05. The van der Waals surface area contributed by atoms with E-state index in [-0.39, 0.29) is 11.6 Å². The molecule has 3 N–H and O–H groups in total. The summed E-state index contributed by atoms with van der Waals surface area (Å²) >= 11 is 5.91. The monoisotopic (exact) mass is 210 g/mol. The van der Waals surface area contributed by atoms with E-state index >= 15 is 0 Å². The summed E-state index contributed by atoms with van der Waals surface area (Å²) in [5, 5.41) is 13.4. The van der Waals surface area contributed by atoms with Gasteiger partial charge in [-0.25, -0.2) is 0 Å². The SMILES string of the molecule is Nc1cc(-c2cc(O)ccc2Cl)no1. The highest BCUT2D eigenvalue weighted by atomic mass is 35.5.